The van der Waals surface area contributed by atoms with Crippen molar-refractivity contribution in [2.24, 2.45) is 11.7 Å². The molecule has 3 aromatic rings. The first kappa shape index (κ1) is 25.3. The molecule has 0 radical (unpaired) electrons. The predicted molar refractivity (Wildman–Crippen MR) is 153 cm³/mol. The molecule has 0 atom stereocenters. The molecule has 38 heavy (non-hydrogen) atoms. The molecule has 0 unspecified atom stereocenters. The number of thiophene rings is 1. The van der Waals surface area contributed by atoms with E-state index in [-0.39, 0.29) is 11.4 Å². The van der Waals surface area contributed by atoms with Gasteiger partial charge in [-0.1, -0.05) is 24.3 Å². The fraction of sp³-hybridized carbons (Fsp3) is 0.452. The molecule has 3 aliphatic rings. The lowest BCUT2D eigenvalue weighted by molar-refractivity contribution is -0.130. The number of nitrogens with two attached hydrogens (primary N) is 1. The van der Waals surface area contributed by atoms with Gasteiger partial charge in [0.05, 0.1) is 17.6 Å². The van der Waals surface area contributed by atoms with Crippen LogP contribution in [-0.4, -0.2) is 34.3 Å². The van der Waals surface area contributed by atoms with E-state index >= 15 is 0 Å². The van der Waals surface area contributed by atoms with Gasteiger partial charge in [-0.25, -0.2) is 0 Å². The Balaban J connectivity index is 1.13. The fourth-order valence-electron chi connectivity index (χ4n) is 6.40. The van der Waals surface area contributed by atoms with E-state index in [1.165, 1.54) is 12.0 Å². The summed E-state index contributed by atoms with van der Waals surface area (Å²) in [7, 11) is 0. The highest BCUT2D eigenvalue weighted by Gasteiger charge is 2.34. The number of carbonyl (C=O) groups excluding carboxylic acids is 2. The molecule has 1 saturated heterocycles. The molecule has 3 N–H and O–H groups in total. The molecule has 198 valence electrons. The summed E-state index contributed by atoms with van der Waals surface area (Å²) in [6.07, 6.45) is 11.2. The molecule has 2 aromatic heterocycles. The van der Waals surface area contributed by atoms with Gasteiger partial charge in [-0.05, 0) is 91.3 Å². The maximum Gasteiger partial charge on any atom is 0.224 e. The summed E-state index contributed by atoms with van der Waals surface area (Å²) in [6, 6.07) is 13.0. The number of pyridine rings is 1. The molecule has 3 fully saturated rings. The number of anilines is 1. The third-order valence-electron chi connectivity index (χ3n) is 8.82. The van der Waals surface area contributed by atoms with Crippen LogP contribution < -0.4 is 11.1 Å². The van der Waals surface area contributed by atoms with E-state index in [1.807, 2.05) is 6.07 Å². The standard InChI is InChI=1S/C31H36N4O2S/c32-31(13-2-14-31)24-8-6-22(7-9-24)30-27(23-12-16-38-20-23)18-25(19-33-30)34-28(36)17-21-4-10-26(11-5-21)35-15-1-3-29(35)37/h6-9,12,16,18-21,26H,1-5,10-11,13-15,17,32H2,(H,34,36). The number of nitrogens with zero attached hydrogens (tertiary/aromatic N) is 2. The molecule has 2 aliphatic carbocycles. The Kier molecular flexibility index (Phi) is 7.06. The van der Waals surface area contributed by atoms with Crippen molar-refractivity contribution < 1.29 is 9.59 Å². The smallest absolute Gasteiger partial charge is 0.224 e. The van der Waals surface area contributed by atoms with Crippen LogP contribution in [0, 0.1) is 5.92 Å². The van der Waals surface area contributed by atoms with E-state index in [4.69, 9.17) is 10.7 Å². The number of hydrogen-bond acceptors (Lipinski definition) is 5. The third kappa shape index (κ3) is 5.14. The monoisotopic (exact) mass is 528 g/mol. The number of amides is 2. The van der Waals surface area contributed by atoms with Crippen molar-refractivity contribution in [1.29, 1.82) is 0 Å². The van der Waals surface area contributed by atoms with Crippen molar-refractivity contribution >= 4 is 28.8 Å². The third-order valence-corrected chi connectivity index (χ3v) is 9.51. The zero-order valence-electron chi connectivity index (χ0n) is 21.8. The zero-order valence-corrected chi connectivity index (χ0v) is 22.6. The lowest BCUT2D eigenvalue weighted by atomic mass is 9.72. The molecule has 2 amide bonds. The van der Waals surface area contributed by atoms with Crippen LogP contribution in [0.1, 0.15) is 69.8 Å². The van der Waals surface area contributed by atoms with Crippen molar-refractivity contribution in [3.05, 3.63) is 58.9 Å². The van der Waals surface area contributed by atoms with Crippen molar-refractivity contribution in [2.45, 2.75) is 75.8 Å². The maximum absolute atomic E-state index is 13.0. The number of carbonyl (C=O) groups is 2. The minimum absolute atomic E-state index is 0.0367. The second-order valence-electron chi connectivity index (χ2n) is 11.3. The van der Waals surface area contributed by atoms with Crippen LogP contribution >= 0.6 is 11.3 Å². The van der Waals surface area contributed by atoms with Crippen LogP contribution in [0.15, 0.2) is 53.4 Å². The topological polar surface area (TPSA) is 88.3 Å². The van der Waals surface area contributed by atoms with Crippen LogP contribution in [-0.2, 0) is 15.1 Å². The summed E-state index contributed by atoms with van der Waals surface area (Å²) in [5, 5.41) is 7.29. The molecule has 0 bridgehead atoms. The highest BCUT2D eigenvalue weighted by Crippen LogP contribution is 2.40. The number of rotatable bonds is 7. The first-order valence-electron chi connectivity index (χ1n) is 14.0. The molecule has 6 rings (SSSR count). The number of likely N-dealkylation sites (tertiary alicyclic amines) is 1. The van der Waals surface area contributed by atoms with E-state index in [0.717, 1.165) is 79.6 Å². The highest BCUT2D eigenvalue weighted by atomic mass is 32.1. The van der Waals surface area contributed by atoms with Gasteiger partial charge in [-0.3, -0.25) is 14.6 Å². The Hall–Kier alpha value is -3.03. The summed E-state index contributed by atoms with van der Waals surface area (Å²) >= 11 is 1.65. The van der Waals surface area contributed by atoms with Crippen LogP contribution in [0.4, 0.5) is 5.69 Å². The van der Waals surface area contributed by atoms with Crippen molar-refractivity contribution in [3.63, 3.8) is 0 Å². The number of aromatic nitrogens is 1. The molecule has 2 saturated carbocycles. The van der Waals surface area contributed by atoms with Gasteiger partial charge in [0, 0.05) is 42.1 Å². The molecule has 1 aliphatic heterocycles. The molecule has 6 nitrogen and oxygen atoms in total. The van der Waals surface area contributed by atoms with Gasteiger partial charge >= 0.3 is 0 Å². The average Bonchev–Trinajstić information content (AvgIpc) is 3.60. The van der Waals surface area contributed by atoms with Gasteiger partial charge in [0.15, 0.2) is 0 Å². The zero-order chi connectivity index (χ0) is 26.1. The Labute approximate surface area is 228 Å². The number of hydrogen-bond donors (Lipinski definition) is 2. The van der Waals surface area contributed by atoms with Crippen molar-refractivity contribution in [2.75, 3.05) is 11.9 Å². The maximum atomic E-state index is 13.0. The van der Waals surface area contributed by atoms with E-state index in [2.05, 4.69) is 51.3 Å². The summed E-state index contributed by atoms with van der Waals surface area (Å²) in [4.78, 5) is 31.9. The van der Waals surface area contributed by atoms with E-state index in [0.29, 0.717) is 30.7 Å². The summed E-state index contributed by atoms with van der Waals surface area (Å²) < 4.78 is 0. The molecule has 0 spiro atoms. The largest absolute Gasteiger partial charge is 0.340 e. The van der Waals surface area contributed by atoms with Gasteiger partial charge in [0.1, 0.15) is 0 Å². The first-order valence-corrected chi connectivity index (χ1v) is 14.9. The summed E-state index contributed by atoms with van der Waals surface area (Å²) in [5.41, 5.74) is 12.3. The minimum atomic E-state index is -0.179. The summed E-state index contributed by atoms with van der Waals surface area (Å²) in [5.74, 6) is 0.711. The van der Waals surface area contributed by atoms with Gasteiger partial charge in [0.2, 0.25) is 11.8 Å². The van der Waals surface area contributed by atoms with Gasteiger partial charge in [0.25, 0.3) is 0 Å². The number of nitrogens with one attached hydrogen (secondary N) is 1. The van der Waals surface area contributed by atoms with Gasteiger partial charge in [-0.15, -0.1) is 0 Å². The van der Waals surface area contributed by atoms with Crippen molar-refractivity contribution in [1.82, 2.24) is 9.88 Å². The van der Waals surface area contributed by atoms with Crippen molar-refractivity contribution in [3.8, 4) is 22.4 Å². The SMILES string of the molecule is NC1(c2ccc(-c3ncc(NC(=O)CC4CCC(N5CCCC5=O)CC4)cc3-c3ccsc3)cc2)CCC1. The van der Waals surface area contributed by atoms with Crippen LogP contribution in [0.25, 0.3) is 22.4 Å². The average molecular weight is 529 g/mol. The minimum Gasteiger partial charge on any atom is -0.340 e. The van der Waals surface area contributed by atoms with Crippen LogP contribution in [0.5, 0.6) is 0 Å². The second kappa shape index (κ2) is 10.6. The lowest BCUT2D eigenvalue weighted by Gasteiger charge is -2.38. The molecule has 1 aromatic carbocycles. The Morgan fingerprint density at radius 2 is 1.87 bits per heavy atom. The van der Waals surface area contributed by atoms with E-state index < -0.39 is 0 Å². The quantitative estimate of drug-likeness (QED) is 0.375. The molecular formula is C31H36N4O2S. The van der Waals surface area contributed by atoms with Gasteiger partial charge in [-0.2, -0.15) is 11.3 Å². The number of benzene rings is 1. The Bertz CT molecular complexity index is 1290. The molecular weight excluding hydrogens is 492 g/mol. The lowest BCUT2D eigenvalue weighted by Crippen LogP contribution is -2.43. The Morgan fingerprint density at radius 1 is 1.08 bits per heavy atom. The Morgan fingerprint density at radius 3 is 2.50 bits per heavy atom. The first-order chi connectivity index (χ1) is 18.5. The van der Waals surface area contributed by atoms with Gasteiger partial charge < -0.3 is 16.0 Å². The second-order valence-corrected chi connectivity index (χ2v) is 12.1. The predicted octanol–water partition coefficient (Wildman–Crippen LogP) is 6.32. The summed E-state index contributed by atoms with van der Waals surface area (Å²) in [6.45, 7) is 0.905. The molecule has 3 heterocycles. The fourth-order valence-corrected chi connectivity index (χ4v) is 7.05. The van der Waals surface area contributed by atoms with E-state index in [9.17, 15) is 9.59 Å². The van der Waals surface area contributed by atoms with Crippen LogP contribution in [0.2, 0.25) is 0 Å². The molecule has 7 heteroatoms. The van der Waals surface area contributed by atoms with Crippen LogP contribution in [0.3, 0.4) is 0 Å². The highest BCUT2D eigenvalue weighted by molar-refractivity contribution is 7.08. The van der Waals surface area contributed by atoms with E-state index in [1.54, 1.807) is 17.5 Å². The normalized spacial score (nSPS) is 22.8.